The summed E-state index contributed by atoms with van der Waals surface area (Å²) in [6.07, 6.45) is 13.4. The van der Waals surface area contributed by atoms with Crippen LogP contribution in [-0.4, -0.2) is 22.2 Å². The van der Waals surface area contributed by atoms with Gasteiger partial charge in [-0.25, -0.2) is 0 Å². The minimum atomic E-state index is -0.519. The Bertz CT molecular complexity index is 1080. The number of nitrogens with zero attached hydrogens (tertiary/aromatic N) is 1. The third-order valence-electron chi connectivity index (χ3n) is 6.65. The summed E-state index contributed by atoms with van der Waals surface area (Å²) in [4.78, 5) is 19.7. The third kappa shape index (κ3) is 7.72. The summed E-state index contributed by atoms with van der Waals surface area (Å²) in [5.74, 6) is -0.742. The van der Waals surface area contributed by atoms with Crippen LogP contribution in [0.3, 0.4) is 0 Å². The fourth-order valence-corrected chi connectivity index (χ4v) is 4.55. The summed E-state index contributed by atoms with van der Waals surface area (Å²) in [5, 5.41) is 23.5. The predicted molar refractivity (Wildman–Crippen MR) is 148 cm³/mol. The second kappa shape index (κ2) is 14.5. The quantitative estimate of drug-likeness (QED) is 0.127. The molecule has 1 unspecified atom stereocenters. The molecule has 0 saturated heterocycles. The molecule has 2 N–H and O–H groups in total. The van der Waals surface area contributed by atoms with E-state index in [2.05, 4.69) is 6.92 Å². The predicted octanol–water partition coefficient (Wildman–Crippen LogP) is 8.53. The number of benzene rings is 3. The Morgan fingerprint density at radius 1 is 0.806 bits per heavy atom. The monoisotopic (exact) mass is 491 g/mol. The van der Waals surface area contributed by atoms with E-state index in [0.29, 0.717) is 16.5 Å². The van der Waals surface area contributed by atoms with E-state index < -0.39 is 5.91 Å². The summed E-state index contributed by atoms with van der Waals surface area (Å²) in [6.45, 7) is 4.21. The zero-order chi connectivity index (χ0) is 25.8. The highest BCUT2D eigenvalue weighted by Crippen LogP contribution is 2.36. The van der Waals surface area contributed by atoms with Crippen molar-refractivity contribution in [2.24, 2.45) is 0 Å². The molecule has 1 atom stereocenters. The van der Waals surface area contributed by atoms with Crippen LogP contribution in [0.5, 0.6) is 11.5 Å². The minimum absolute atomic E-state index is 0.00110. The summed E-state index contributed by atoms with van der Waals surface area (Å²) in [6, 6.07) is 17.4. The summed E-state index contributed by atoms with van der Waals surface area (Å²) in [7, 11) is 0. The van der Waals surface area contributed by atoms with Crippen molar-refractivity contribution >= 4 is 22.4 Å². The minimum Gasteiger partial charge on any atom is -0.507 e. The average molecular weight is 492 g/mol. The van der Waals surface area contributed by atoms with Gasteiger partial charge in [0, 0.05) is 10.8 Å². The topological polar surface area (TPSA) is 70.0 Å². The van der Waals surface area contributed by atoms with Gasteiger partial charge in [0.2, 0.25) is 0 Å². The van der Waals surface area contributed by atoms with Crippen molar-refractivity contribution in [3.05, 3.63) is 66.2 Å². The van der Waals surface area contributed by atoms with Gasteiger partial charge >= 0.3 is 0 Å². The number of phenols is 2. The van der Waals surface area contributed by atoms with Gasteiger partial charge in [0.15, 0.2) is 0 Å². The average Bonchev–Trinajstić information content (AvgIpc) is 2.90. The van der Waals surface area contributed by atoms with E-state index in [1.807, 2.05) is 25.1 Å². The van der Waals surface area contributed by atoms with Crippen molar-refractivity contribution in [1.29, 1.82) is 0 Å². The van der Waals surface area contributed by atoms with Crippen LogP contribution in [-0.2, 0) is 4.84 Å². The molecule has 0 spiro atoms. The van der Waals surface area contributed by atoms with E-state index in [0.717, 1.165) is 19.3 Å². The maximum absolute atomic E-state index is 13.6. The van der Waals surface area contributed by atoms with Crippen LogP contribution in [0.15, 0.2) is 60.7 Å². The smallest absolute Gasteiger partial charge is 0.286 e. The van der Waals surface area contributed by atoms with Crippen LogP contribution in [0.4, 0.5) is 5.69 Å². The van der Waals surface area contributed by atoms with Crippen LogP contribution >= 0.6 is 0 Å². The van der Waals surface area contributed by atoms with Crippen molar-refractivity contribution < 1.29 is 19.8 Å². The molecule has 0 aliphatic carbocycles. The molecule has 0 aliphatic heterocycles. The number of hydrogen-bond donors (Lipinski definition) is 2. The van der Waals surface area contributed by atoms with Gasteiger partial charge in [0.25, 0.3) is 5.91 Å². The SMILES string of the molecule is CCCCCCCCCCCCC(C)ON(C(=O)c1cc(O)c2ccccc2c1O)c1ccccc1. The molecule has 3 rings (SSSR count). The zero-order valence-corrected chi connectivity index (χ0v) is 21.8. The van der Waals surface area contributed by atoms with E-state index in [1.54, 1.807) is 36.4 Å². The molecule has 0 aromatic heterocycles. The molecule has 5 heteroatoms. The fourth-order valence-electron chi connectivity index (χ4n) is 4.55. The van der Waals surface area contributed by atoms with Crippen LogP contribution in [0.1, 0.15) is 94.8 Å². The van der Waals surface area contributed by atoms with Crippen LogP contribution in [0.2, 0.25) is 0 Å². The lowest BCUT2D eigenvalue weighted by atomic mass is 10.0. The normalized spacial score (nSPS) is 12.1. The standard InChI is InChI=1S/C31H41NO4/c1-3-4-5-6-7-8-9-10-11-13-18-24(2)36-32(25-19-14-12-15-20-25)31(35)28-23-29(33)26-21-16-17-22-27(26)30(28)34/h12,14-17,19-24,33-34H,3-11,13,18H2,1-2H3. The van der Waals surface area contributed by atoms with Crippen molar-refractivity contribution in [2.75, 3.05) is 5.06 Å². The number of carbonyl (C=O) groups is 1. The van der Waals surface area contributed by atoms with Gasteiger partial charge in [-0.2, -0.15) is 5.06 Å². The summed E-state index contributed by atoms with van der Waals surface area (Å²) < 4.78 is 0. The summed E-state index contributed by atoms with van der Waals surface area (Å²) in [5.41, 5.74) is 0.575. The zero-order valence-electron chi connectivity index (χ0n) is 21.8. The van der Waals surface area contributed by atoms with Gasteiger partial charge in [-0.3, -0.25) is 9.63 Å². The third-order valence-corrected chi connectivity index (χ3v) is 6.65. The number of carbonyl (C=O) groups excluding carboxylic acids is 1. The molecular weight excluding hydrogens is 450 g/mol. The molecule has 5 nitrogen and oxygen atoms in total. The molecule has 3 aromatic rings. The maximum atomic E-state index is 13.6. The highest BCUT2D eigenvalue weighted by Gasteiger charge is 2.26. The van der Waals surface area contributed by atoms with Crippen LogP contribution in [0.25, 0.3) is 10.8 Å². The lowest BCUT2D eigenvalue weighted by Crippen LogP contribution is -2.34. The molecule has 0 fully saturated rings. The number of unbranched alkanes of at least 4 members (excludes halogenated alkanes) is 9. The molecule has 36 heavy (non-hydrogen) atoms. The van der Waals surface area contributed by atoms with E-state index in [9.17, 15) is 15.0 Å². The largest absolute Gasteiger partial charge is 0.507 e. The van der Waals surface area contributed by atoms with E-state index >= 15 is 0 Å². The first-order valence-corrected chi connectivity index (χ1v) is 13.5. The number of anilines is 1. The van der Waals surface area contributed by atoms with Gasteiger partial charge in [-0.15, -0.1) is 0 Å². The van der Waals surface area contributed by atoms with E-state index in [4.69, 9.17) is 4.84 Å². The number of fused-ring (bicyclic) bond motifs is 1. The molecule has 0 saturated carbocycles. The Balaban J connectivity index is 1.60. The van der Waals surface area contributed by atoms with E-state index in [-0.39, 0.29) is 23.2 Å². The number of phenolic OH excluding ortho intramolecular Hbond substituents is 2. The Morgan fingerprint density at radius 3 is 2.00 bits per heavy atom. The second-order valence-corrected chi connectivity index (χ2v) is 9.66. The highest BCUT2D eigenvalue weighted by molar-refractivity contribution is 6.11. The van der Waals surface area contributed by atoms with Crippen molar-refractivity contribution in [2.45, 2.75) is 90.6 Å². The molecule has 0 radical (unpaired) electrons. The van der Waals surface area contributed by atoms with Crippen molar-refractivity contribution in [1.82, 2.24) is 0 Å². The van der Waals surface area contributed by atoms with Gasteiger partial charge in [-0.05, 0) is 31.5 Å². The second-order valence-electron chi connectivity index (χ2n) is 9.66. The fraction of sp³-hybridized carbons (Fsp3) is 0.452. The number of para-hydroxylation sites is 1. The Labute approximate surface area is 215 Å². The van der Waals surface area contributed by atoms with E-state index in [1.165, 1.54) is 62.5 Å². The molecule has 194 valence electrons. The van der Waals surface area contributed by atoms with Crippen molar-refractivity contribution in [3.63, 3.8) is 0 Å². The van der Waals surface area contributed by atoms with Crippen LogP contribution in [0, 0.1) is 0 Å². The molecular formula is C31H41NO4. The Hall–Kier alpha value is -3.05. The lowest BCUT2D eigenvalue weighted by molar-refractivity contribution is 0.0305. The number of rotatable bonds is 15. The van der Waals surface area contributed by atoms with Crippen molar-refractivity contribution in [3.8, 4) is 11.5 Å². The van der Waals surface area contributed by atoms with Gasteiger partial charge < -0.3 is 10.2 Å². The Kier molecular flexibility index (Phi) is 11.1. The van der Waals surface area contributed by atoms with Gasteiger partial charge in [-0.1, -0.05) is 114 Å². The first-order chi connectivity index (χ1) is 17.5. The highest BCUT2D eigenvalue weighted by atomic mass is 16.7. The first-order valence-electron chi connectivity index (χ1n) is 13.5. The Morgan fingerprint density at radius 2 is 1.36 bits per heavy atom. The van der Waals surface area contributed by atoms with Gasteiger partial charge in [0.05, 0.1) is 17.4 Å². The first kappa shape index (κ1) is 27.5. The number of aromatic hydroxyl groups is 2. The summed E-state index contributed by atoms with van der Waals surface area (Å²) >= 11 is 0. The number of hydroxylamine groups is 1. The number of hydrogen-bond acceptors (Lipinski definition) is 4. The lowest BCUT2D eigenvalue weighted by Gasteiger charge is -2.26. The van der Waals surface area contributed by atoms with Crippen LogP contribution < -0.4 is 5.06 Å². The molecule has 1 amide bonds. The molecule has 0 bridgehead atoms. The molecule has 0 heterocycles. The van der Waals surface area contributed by atoms with Gasteiger partial charge in [0.1, 0.15) is 11.5 Å². The molecule has 3 aromatic carbocycles. The molecule has 0 aliphatic rings. The number of amides is 1. The maximum Gasteiger partial charge on any atom is 0.286 e.